The highest BCUT2D eigenvalue weighted by Gasteiger charge is 2.28. The third-order valence-electron chi connectivity index (χ3n) is 3.51. The summed E-state index contributed by atoms with van der Waals surface area (Å²) in [6.45, 7) is 1.43. The van der Waals surface area contributed by atoms with Crippen LogP contribution < -0.4 is 14.2 Å². The smallest absolute Gasteiger partial charge is 0.231 e. The van der Waals surface area contributed by atoms with Gasteiger partial charge in [-0.1, -0.05) is 18.2 Å². The van der Waals surface area contributed by atoms with Gasteiger partial charge in [-0.05, 0) is 31.2 Å². The Morgan fingerprint density at radius 1 is 1.21 bits per heavy atom. The minimum absolute atomic E-state index is 0.0172. The lowest BCUT2D eigenvalue weighted by atomic mass is 10.1. The fraction of sp³-hybridized carbons (Fsp3) is 0.158. The molecule has 0 atom stereocenters. The average Bonchev–Trinajstić information content (AvgIpc) is 2.89. The van der Waals surface area contributed by atoms with Gasteiger partial charge in [0.1, 0.15) is 23.9 Å². The van der Waals surface area contributed by atoms with Gasteiger partial charge in [0.2, 0.25) is 5.78 Å². The van der Waals surface area contributed by atoms with E-state index in [1.54, 1.807) is 31.4 Å². The van der Waals surface area contributed by atoms with Crippen LogP contribution in [0.4, 0.5) is 0 Å². The molecule has 122 valence electrons. The van der Waals surface area contributed by atoms with Gasteiger partial charge >= 0.3 is 0 Å². The first-order valence-corrected chi connectivity index (χ1v) is 7.42. The number of benzene rings is 2. The quantitative estimate of drug-likeness (QED) is 0.790. The van der Waals surface area contributed by atoms with Crippen molar-refractivity contribution in [2.24, 2.45) is 0 Å². The Morgan fingerprint density at radius 3 is 2.75 bits per heavy atom. The van der Waals surface area contributed by atoms with E-state index < -0.39 is 0 Å². The van der Waals surface area contributed by atoms with Crippen molar-refractivity contribution in [2.75, 3.05) is 13.7 Å². The second kappa shape index (κ2) is 6.58. The summed E-state index contributed by atoms with van der Waals surface area (Å²) in [4.78, 5) is 23.4. The zero-order chi connectivity index (χ0) is 17.1. The average molecular weight is 324 g/mol. The van der Waals surface area contributed by atoms with E-state index in [1.165, 1.54) is 6.92 Å². The summed E-state index contributed by atoms with van der Waals surface area (Å²) in [5.74, 6) is 1.50. The number of para-hydroxylation sites is 1. The molecule has 0 unspecified atom stereocenters. The van der Waals surface area contributed by atoms with Crippen molar-refractivity contribution in [3.63, 3.8) is 0 Å². The normalized spacial score (nSPS) is 14.2. The number of fused-ring (bicyclic) bond motifs is 1. The second-order valence-electron chi connectivity index (χ2n) is 5.33. The number of ketones is 2. The molecule has 2 aromatic carbocycles. The van der Waals surface area contributed by atoms with Gasteiger partial charge in [0, 0.05) is 11.6 Å². The lowest BCUT2D eigenvalue weighted by Crippen LogP contribution is -2.06. The van der Waals surface area contributed by atoms with E-state index in [0.717, 1.165) is 5.56 Å². The van der Waals surface area contributed by atoms with Gasteiger partial charge in [0.05, 0.1) is 12.7 Å². The van der Waals surface area contributed by atoms with Gasteiger partial charge in [0.15, 0.2) is 11.5 Å². The lowest BCUT2D eigenvalue weighted by Gasteiger charge is -2.05. The maximum Gasteiger partial charge on any atom is 0.231 e. The Labute approximate surface area is 139 Å². The number of methoxy groups -OCH3 is 1. The van der Waals surface area contributed by atoms with Gasteiger partial charge in [-0.25, -0.2) is 0 Å². The molecule has 0 spiro atoms. The van der Waals surface area contributed by atoms with Crippen LogP contribution >= 0.6 is 0 Å². The van der Waals surface area contributed by atoms with E-state index in [0.29, 0.717) is 22.8 Å². The molecule has 3 rings (SSSR count). The summed E-state index contributed by atoms with van der Waals surface area (Å²) < 4.78 is 16.3. The van der Waals surface area contributed by atoms with E-state index in [2.05, 4.69) is 0 Å². The maximum atomic E-state index is 12.4. The predicted molar refractivity (Wildman–Crippen MR) is 88.5 cm³/mol. The standard InChI is InChI=1S/C19H16O5/c1-12(20)11-23-14-7-8-15-17(10-14)24-18(19(15)21)9-13-5-3-4-6-16(13)22-2/h3-10H,11H2,1-2H3/b18-9+. The summed E-state index contributed by atoms with van der Waals surface area (Å²) in [7, 11) is 1.57. The van der Waals surface area contributed by atoms with Crippen LogP contribution in [0.25, 0.3) is 6.08 Å². The molecule has 1 heterocycles. The molecule has 0 aliphatic carbocycles. The summed E-state index contributed by atoms with van der Waals surface area (Å²) in [5, 5.41) is 0. The minimum atomic E-state index is -0.200. The molecular formula is C19H16O5. The summed E-state index contributed by atoms with van der Waals surface area (Å²) >= 11 is 0. The van der Waals surface area contributed by atoms with Crippen LogP contribution in [0.3, 0.4) is 0 Å². The van der Waals surface area contributed by atoms with Crippen LogP contribution in [0.1, 0.15) is 22.8 Å². The summed E-state index contributed by atoms with van der Waals surface area (Å²) in [6.07, 6.45) is 1.65. The molecule has 0 amide bonds. The Bertz CT molecular complexity index is 835. The Balaban J connectivity index is 1.87. The van der Waals surface area contributed by atoms with Gasteiger partial charge in [-0.15, -0.1) is 0 Å². The van der Waals surface area contributed by atoms with E-state index in [-0.39, 0.29) is 23.9 Å². The van der Waals surface area contributed by atoms with Crippen molar-refractivity contribution in [2.45, 2.75) is 6.92 Å². The van der Waals surface area contributed by atoms with Crippen molar-refractivity contribution in [3.05, 3.63) is 59.4 Å². The molecule has 0 bridgehead atoms. The van der Waals surface area contributed by atoms with Crippen LogP contribution in [0.2, 0.25) is 0 Å². The van der Waals surface area contributed by atoms with Crippen molar-refractivity contribution < 1.29 is 23.8 Å². The molecule has 0 N–H and O–H groups in total. The molecule has 0 saturated carbocycles. The van der Waals surface area contributed by atoms with Crippen LogP contribution in [0, 0.1) is 0 Å². The van der Waals surface area contributed by atoms with Crippen molar-refractivity contribution >= 4 is 17.6 Å². The number of carbonyl (C=O) groups is 2. The number of allylic oxidation sites excluding steroid dienone is 1. The molecule has 2 aromatic rings. The largest absolute Gasteiger partial charge is 0.496 e. The molecule has 0 aromatic heterocycles. The van der Waals surface area contributed by atoms with Crippen LogP contribution in [0.15, 0.2) is 48.2 Å². The van der Waals surface area contributed by atoms with Crippen molar-refractivity contribution in [1.82, 2.24) is 0 Å². The van der Waals surface area contributed by atoms with Crippen molar-refractivity contribution in [1.29, 1.82) is 0 Å². The molecule has 1 aliphatic heterocycles. The fourth-order valence-corrected chi connectivity index (χ4v) is 2.37. The van der Waals surface area contributed by atoms with Gasteiger partial charge in [-0.3, -0.25) is 9.59 Å². The monoisotopic (exact) mass is 324 g/mol. The van der Waals surface area contributed by atoms with E-state index in [9.17, 15) is 9.59 Å². The van der Waals surface area contributed by atoms with Gasteiger partial charge in [-0.2, -0.15) is 0 Å². The van der Waals surface area contributed by atoms with Crippen LogP contribution in [-0.2, 0) is 4.79 Å². The molecule has 1 aliphatic rings. The predicted octanol–water partition coefficient (Wildman–Crippen LogP) is 3.28. The third kappa shape index (κ3) is 3.15. The highest BCUT2D eigenvalue weighted by atomic mass is 16.5. The molecule has 0 fully saturated rings. The van der Waals surface area contributed by atoms with E-state index in [1.807, 2.05) is 24.3 Å². The zero-order valence-electron chi connectivity index (χ0n) is 13.4. The lowest BCUT2D eigenvalue weighted by molar-refractivity contribution is -0.118. The maximum absolute atomic E-state index is 12.4. The Morgan fingerprint density at radius 2 is 2.00 bits per heavy atom. The Kier molecular flexibility index (Phi) is 4.33. The first-order chi connectivity index (χ1) is 11.6. The summed E-state index contributed by atoms with van der Waals surface area (Å²) in [5.41, 5.74) is 1.22. The molecule has 0 saturated heterocycles. The molecule has 5 nitrogen and oxygen atoms in total. The highest BCUT2D eigenvalue weighted by molar-refractivity contribution is 6.14. The number of Topliss-reactive ketones (excluding diaryl/α,β-unsaturated/α-hetero) is 2. The first kappa shape index (κ1) is 15.8. The number of hydrogen-bond acceptors (Lipinski definition) is 5. The molecular weight excluding hydrogens is 308 g/mol. The molecule has 24 heavy (non-hydrogen) atoms. The number of carbonyl (C=O) groups excluding carboxylic acids is 2. The van der Waals surface area contributed by atoms with Crippen LogP contribution in [-0.4, -0.2) is 25.3 Å². The molecule has 0 radical (unpaired) electrons. The number of hydrogen-bond donors (Lipinski definition) is 0. The topological polar surface area (TPSA) is 61.8 Å². The third-order valence-corrected chi connectivity index (χ3v) is 3.51. The van der Waals surface area contributed by atoms with E-state index in [4.69, 9.17) is 14.2 Å². The highest BCUT2D eigenvalue weighted by Crippen LogP contribution is 2.35. The van der Waals surface area contributed by atoms with Crippen LogP contribution in [0.5, 0.6) is 17.2 Å². The fourth-order valence-electron chi connectivity index (χ4n) is 2.37. The zero-order valence-corrected chi connectivity index (χ0v) is 13.4. The number of ether oxygens (including phenoxy) is 3. The number of rotatable bonds is 5. The second-order valence-corrected chi connectivity index (χ2v) is 5.33. The van der Waals surface area contributed by atoms with E-state index >= 15 is 0 Å². The molecule has 5 heteroatoms. The summed E-state index contributed by atoms with van der Waals surface area (Å²) in [6, 6.07) is 12.3. The first-order valence-electron chi connectivity index (χ1n) is 7.42. The van der Waals surface area contributed by atoms with Crippen molar-refractivity contribution in [3.8, 4) is 17.2 Å². The van der Waals surface area contributed by atoms with Gasteiger partial charge < -0.3 is 14.2 Å². The minimum Gasteiger partial charge on any atom is -0.496 e. The SMILES string of the molecule is COc1ccccc1/C=C1/Oc2cc(OCC(C)=O)ccc2C1=O. The van der Waals surface area contributed by atoms with Gasteiger partial charge in [0.25, 0.3) is 0 Å². The Hall–Kier alpha value is -3.08.